The number of fused-ring (bicyclic) bond motifs is 1. The predicted octanol–water partition coefficient (Wildman–Crippen LogP) is 1.90. The molecule has 0 fully saturated rings. The number of hydrogen-bond donors (Lipinski definition) is 0. The second-order valence-electron chi connectivity index (χ2n) is 6.44. The standard InChI is InChI=1S/C22H19N2S.ClH/c1-15-13-16(2)24-20(17-9-5-3-6-10-17)21(18-11-7-4-8-12-18)25-22(24)19(15)14-23;/h3-13,20-21H,1-2H3;1H/q+1;/p-1. The Kier molecular flexibility index (Phi) is 5.36. The maximum absolute atomic E-state index is 9.71. The number of halogens is 1. The molecule has 1 aliphatic heterocycles. The zero-order valence-electron chi connectivity index (χ0n) is 14.7. The van der Waals surface area contributed by atoms with Crippen LogP contribution >= 0.6 is 11.8 Å². The van der Waals surface area contributed by atoms with E-state index in [1.807, 2.05) is 18.7 Å². The Morgan fingerprint density at radius 1 is 0.923 bits per heavy atom. The topological polar surface area (TPSA) is 27.7 Å². The summed E-state index contributed by atoms with van der Waals surface area (Å²) in [7, 11) is 0. The highest BCUT2D eigenvalue weighted by atomic mass is 35.5. The van der Waals surface area contributed by atoms with Gasteiger partial charge in [0.15, 0.2) is 5.69 Å². The second kappa shape index (κ2) is 7.53. The first-order chi connectivity index (χ1) is 12.2. The van der Waals surface area contributed by atoms with Crippen molar-refractivity contribution in [3.63, 3.8) is 0 Å². The maximum Gasteiger partial charge on any atom is 0.259 e. The average Bonchev–Trinajstić information content (AvgIpc) is 3.04. The van der Waals surface area contributed by atoms with Gasteiger partial charge in [0, 0.05) is 18.6 Å². The zero-order chi connectivity index (χ0) is 17.4. The molecule has 2 unspecified atom stereocenters. The molecule has 2 heterocycles. The normalized spacial score (nSPS) is 17.9. The van der Waals surface area contributed by atoms with Crippen LogP contribution in [0, 0.1) is 25.2 Å². The smallest absolute Gasteiger partial charge is 0.259 e. The highest BCUT2D eigenvalue weighted by Gasteiger charge is 2.46. The molecule has 26 heavy (non-hydrogen) atoms. The number of aromatic nitrogens is 1. The Morgan fingerprint density at radius 3 is 2.08 bits per heavy atom. The summed E-state index contributed by atoms with van der Waals surface area (Å²) in [6, 6.07) is 26.0. The SMILES string of the molecule is Cc1cc(C)[n+]2c(c1C#N)SC(c1ccccc1)C2c1ccccc1.[Cl-]. The van der Waals surface area contributed by atoms with Crippen molar-refractivity contribution in [3.05, 3.63) is 94.7 Å². The predicted molar refractivity (Wildman–Crippen MR) is 100 cm³/mol. The van der Waals surface area contributed by atoms with Crippen LogP contribution in [0.3, 0.4) is 0 Å². The summed E-state index contributed by atoms with van der Waals surface area (Å²) in [5.74, 6) is 0. The number of aryl methyl sites for hydroxylation is 2. The number of rotatable bonds is 2. The molecule has 0 radical (unpaired) electrons. The monoisotopic (exact) mass is 378 g/mol. The van der Waals surface area contributed by atoms with Crippen LogP contribution in [0.5, 0.6) is 0 Å². The van der Waals surface area contributed by atoms with Crippen LogP contribution in [0.1, 0.15) is 39.2 Å². The number of benzene rings is 2. The minimum Gasteiger partial charge on any atom is -1.00 e. The van der Waals surface area contributed by atoms with Gasteiger partial charge in [0.05, 0.1) is 0 Å². The number of pyridine rings is 1. The maximum atomic E-state index is 9.71. The van der Waals surface area contributed by atoms with Crippen LogP contribution in [-0.2, 0) is 0 Å². The average molecular weight is 379 g/mol. The molecule has 4 heteroatoms. The van der Waals surface area contributed by atoms with Crippen molar-refractivity contribution >= 4 is 11.8 Å². The van der Waals surface area contributed by atoms with Gasteiger partial charge in [-0.2, -0.15) is 9.83 Å². The highest BCUT2D eigenvalue weighted by Crippen LogP contribution is 2.49. The first-order valence-corrected chi connectivity index (χ1v) is 9.31. The van der Waals surface area contributed by atoms with E-state index in [-0.39, 0.29) is 23.7 Å². The van der Waals surface area contributed by atoms with E-state index in [2.05, 4.69) is 84.3 Å². The highest BCUT2D eigenvalue weighted by molar-refractivity contribution is 7.99. The van der Waals surface area contributed by atoms with Gasteiger partial charge < -0.3 is 12.4 Å². The van der Waals surface area contributed by atoms with E-state index >= 15 is 0 Å². The fraction of sp³-hybridized carbons (Fsp3) is 0.182. The van der Waals surface area contributed by atoms with Crippen molar-refractivity contribution < 1.29 is 17.0 Å². The van der Waals surface area contributed by atoms with Crippen molar-refractivity contribution in [2.45, 2.75) is 30.2 Å². The van der Waals surface area contributed by atoms with E-state index in [0.717, 1.165) is 16.2 Å². The van der Waals surface area contributed by atoms with Crippen LogP contribution in [-0.4, -0.2) is 0 Å². The molecule has 0 saturated heterocycles. The van der Waals surface area contributed by atoms with Crippen molar-refractivity contribution in [2.75, 3.05) is 0 Å². The Labute approximate surface area is 164 Å². The van der Waals surface area contributed by atoms with Gasteiger partial charge >= 0.3 is 0 Å². The van der Waals surface area contributed by atoms with Crippen LogP contribution in [0.25, 0.3) is 0 Å². The first-order valence-electron chi connectivity index (χ1n) is 8.43. The third-order valence-electron chi connectivity index (χ3n) is 4.82. The summed E-state index contributed by atoms with van der Waals surface area (Å²) < 4.78 is 2.35. The van der Waals surface area contributed by atoms with E-state index in [4.69, 9.17) is 0 Å². The van der Waals surface area contributed by atoms with Gasteiger partial charge in [-0.3, -0.25) is 0 Å². The summed E-state index contributed by atoms with van der Waals surface area (Å²) in [6.45, 7) is 4.17. The van der Waals surface area contributed by atoms with Gasteiger partial charge in [-0.25, -0.2) is 0 Å². The number of thioether (sulfide) groups is 1. The minimum absolute atomic E-state index is 0. The molecule has 2 atom stereocenters. The summed E-state index contributed by atoms with van der Waals surface area (Å²) in [5, 5.41) is 11.1. The molecule has 130 valence electrons. The molecular weight excluding hydrogens is 360 g/mol. The molecule has 0 aliphatic carbocycles. The van der Waals surface area contributed by atoms with Crippen molar-refractivity contribution in [3.8, 4) is 6.07 Å². The van der Waals surface area contributed by atoms with Gasteiger partial charge in [0.25, 0.3) is 5.03 Å². The van der Waals surface area contributed by atoms with Crippen LogP contribution in [0.15, 0.2) is 71.8 Å². The first kappa shape index (κ1) is 18.5. The number of nitriles is 1. The van der Waals surface area contributed by atoms with Crippen LogP contribution in [0.2, 0.25) is 0 Å². The molecule has 2 aromatic carbocycles. The van der Waals surface area contributed by atoms with Gasteiger partial charge in [0.1, 0.15) is 16.9 Å². The van der Waals surface area contributed by atoms with Crippen LogP contribution in [0.4, 0.5) is 0 Å². The van der Waals surface area contributed by atoms with E-state index in [9.17, 15) is 5.26 Å². The van der Waals surface area contributed by atoms with E-state index in [1.54, 1.807) is 0 Å². The third-order valence-corrected chi connectivity index (χ3v) is 6.22. The van der Waals surface area contributed by atoms with Gasteiger partial charge in [-0.05, 0) is 29.8 Å². The van der Waals surface area contributed by atoms with E-state index in [1.165, 1.54) is 16.8 Å². The Bertz CT molecular complexity index is 965. The quantitative estimate of drug-likeness (QED) is 0.637. The minimum atomic E-state index is 0. The molecule has 0 spiro atoms. The fourth-order valence-corrected chi connectivity index (χ4v) is 5.33. The lowest BCUT2D eigenvalue weighted by Gasteiger charge is -2.16. The molecule has 0 saturated carbocycles. The number of hydrogen-bond acceptors (Lipinski definition) is 2. The lowest BCUT2D eigenvalue weighted by Crippen LogP contribution is -3.00. The van der Waals surface area contributed by atoms with Crippen LogP contribution < -0.4 is 17.0 Å². The Balaban J connectivity index is 0.00000196. The molecule has 4 rings (SSSR count). The number of nitrogens with zero attached hydrogens (tertiary/aromatic N) is 2. The lowest BCUT2D eigenvalue weighted by atomic mass is 9.97. The van der Waals surface area contributed by atoms with Gasteiger partial charge in [0.2, 0.25) is 6.04 Å². The Morgan fingerprint density at radius 2 is 1.50 bits per heavy atom. The van der Waals surface area contributed by atoms with Crippen molar-refractivity contribution in [1.82, 2.24) is 0 Å². The van der Waals surface area contributed by atoms with E-state index < -0.39 is 0 Å². The second-order valence-corrected chi connectivity index (χ2v) is 7.57. The molecule has 0 amide bonds. The third kappa shape index (κ3) is 3.00. The molecule has 2 nitrogen and oxygen atoms in total. The zero-order valence-corrected chi connectivity index (χ0v) is 16.3. The fourth-order valence-electron chi connectivity index (χ4n) is 3.69. The molecule has 1 aromatic heterocycles. The lowest BCUT2D eigenvalue weighted by molar-refractivity contribution is -0.748. The Hall–Kier alpha value is -2.28. The molecule has 1 aliphatic rings. The summed E-state index contributed by atoms with van der Waals surface area (Å²) >= 11 is 1.81. The largest absolute Gasteiger partial charge is 1.00 e. The van der Waals surface area contributed by atoms with Crippen molar-refractivity contribution in [2.24, 2.45) is 0 Å². The molecule has 3 aromatic rings. The summed E-state index contributed by atoms with van der Waals surface area (Å²) in [4.78, 5) is 0. The van der Waals surface area contributed by atoms with E-state index in [0.29, 0.717) is 0 Å². The van der Waals surface area contributed by atoms with Crippen molar-refractivity contribution in [1.29, 1.82) is 5.26 Å². The molecular formula is C22H19ClN2S. The van der Waals surface area contributed by atoms with Gasteiger partial charge in [-0.1, -0.05) is 60.7 Å². The van der Waals surface area contributed by atoms with Gasteiger partial charge in [-0.15, -0.1) is 0 Å². The molecule has 0 bridgehead atoms. The molecule has 0 N–H and O–H groups in total. The summed E-state index contributed by atoms with van der Waals surface area (Å²) in [6.07, 6.45) is 0. The summed E-state index contributed by atoms with van der Waals surface area (Å²) in [5.41, 5.74) is 5.63.